The van der Waals surface area contributed by atoms with Crippen molar-refractivity contribution in [3.8, 4) is 4.56 Å². The molecule has 3 nitrogen and oxygen atoms in total. The predicted octanol–water partition coefficient (Wildman–Crippen LogP) is 5.30. The summed E-state index contributed by atoms with van der Waals surface area (Å²) in [6.07, 6.45) is 3.87. The molecule has 0 unspecified atom stereocenters. The Labute approximate surface area is 178 Å². The maximum absolute atomic E-state index is 13.0. The van der Waals surface area contributed by atoms with Gasteiger partial charge in [-0.3, -0.25) is 0 Å². The number of ketones is 2. The van der Waals surface area contributed by atoms with Crippen molar-refractivity contribution in [2.24, 2.45) is 0 Å². The van der Waals surface area contributed by atoms with E-state index in [4.69, 9.17) is 0 Å². The fourth-order valence-electron chi connectivity index (χ4n) is 4.11. The number of rotatable bonds is 2. The molecule has 0 atom stereocenters. The third-order valence-corrected chi connectivity index (χ3v) is 7.76. The van der Waals surface area contributed by atoms with Gasteiger partial charge < -0.3 is 0 Å². The van der Waals surface area contributed by atoms with Gasteiger partial charge in [-0.15, -0.1) is 0 Å². The van der Waals surface area contributed by atoms with Crippen LogP contribution in [0.1, 0.15) is 25.2 Å². The second kappa shape index (κ2) is 6.53. The van der Waals surface area contributed by atoms with E-state index >= 15 is 0 Å². The number of hydrogen-bond donors (Lipinski definition) is 0. The van der Waals surface area contributed by atoms with E-state index in [9.17, 15) is 9.59 Å². The van der Waals surface area contributed by atoms with Crippen LogP contribution in [0, 0.1) is 0 Å². The number of Topliss-reactive ketones (excluding diaryl/α,β-unsaturated/α-hetero) is 2. The van der Waals surface area contributed by atoms with Crippen molar-refractivity contribution >= 4 is 53.8 Å². The monoisotopic (exact) mass is 453 g/mol. The van der Waals surface area contributed by atoms with E-state index < -0.39 is 0 Å². The summed E-state index contributed by atoms with van der Waals surface area (Å²) in [6.45, 7) is 0. The van der Waals surface area contributed by atoms with Crippen molar-refractivity contribution in [2.75, 3.05) is 0 Å². The third kappa shape index (κ3) is 2.58. The normalized spacial score (nSPS) is 13.4. The summed E-state index contributed by atoms with van der Waals surface area (Å²) >= 11 is 0.0227. The van der Waals surface area contributed by atoms with Gasteiger partial charge in [-0.2, -0.15) is 0 Å². The Balaban J connectivity index is 1.41. The van der Waals surface area contributed by atoms with Crippen molar-refractivity contribution in [2.45, 2.75) is 0 Å². The molecule has 3 aromatic carbocycles. The minimum atomic E-state index is -0.169. The van der Waals surface area contributed by atoms with Gasteiger partial charge in [0, 0.05) is 0 Å². The maximum atomic E-state index is 13.0. The Kier molecular flexibility index (Phi) is 3.79. The molecular weight excluding hydrogens is 437 g/mol. The molecule has 6 rings (SSSR count). The standard InChI is InChI=1S/C26H15NO2Se/c28-25-20-13-17-6-1-2-7-18(17)14-21(20)26(29)22(25)15-19-9-10-24(30-19)27-12-11-16-5-3-4-8-23(16)27/h1-15H. The molecule has 30 heavy (non-hydrogen) atoms. The molecule has 0 N–H and O–H groups in total. The number of para-hydroxylation sites is 1. The van der Waals surface area contributed by atoms with Crippen molar-refractivity contribution < 1.29 is 9.59 Å². The van der Waals surface area contributed by atoms with Crippen LogP contribution >= 0.6 is 0 Å². The summed E-state index contributed by atoms with van der Waals surface area (Å²) in [5.74, 6) is -0.338. The topological polar surface area (TPSA) is 39.1 Å². The first-order chi connectivity index (χ1) is 14.7. The first kappa shape index (κ1) is 17.4. The van der Waals surface area contributed by atoms with Crippen LogP contribution < -0.4 is 0 Å². The first-order valence-electron chi connectivity index (χ1n) is 9.69. The Morgan fingerprint density at radius 3 is 2.03 bits per heavy atom. The number of aromatic nitrogens is 1. The number of fused-ring (bicyclic) bond motifs is 3. The molecule has 0 aliphatic heterocycles. The van der Waals surface area contributed by atoms with Gasteiger partial charge in [0.15, 0.2) is 0 Å². The molecule has 0 spiro atoms. The summed E-state index contributed by atoms with van der Waals surface area (Å²) < 4.78 is 4.41. The Morgan fingerprint density at radius 1 is 0.700 bits per heavy atom. The van der Waals surface area contributed by atoms with Gasteiger partial charge in [-0.25, -0.2) is 0 Å². The van der Waals surface area contributed by atoms with E-state index in [2.05, 4.69) is 35.0 Å². The molecule has 2 heterocycles. The summed E-state index contributed by atoms with van der Waals surface area (Å²) in [5.41, 5.74) is 2.47. The van der Waals surface area contributed by atoms with E-state index in [1.165, 1.54) is 15.5 Å². The average molecular weight is 452 g/mol. The van der Waals surface area contributed by atoms with Crippen molar-refractivity contribution in [1.29, 1.82) is 0 Å². The minimum absolute atomic E-state index is 0.0227. The van der Waals surface area contributed by atoms with Gasteiger partial charge in [0.25, 0.3) is 0 Å². The van der Waals surface area contributed by atoms with Crippen LogP contribution in [0.2, 0.25) is 0 Å². The number of carbonyl (C=O) groups excluding carboxylic acids is 2. The molecule has 1 aliphatic carbocycles. The zero-order chi connectivity index (χ0) is 20.2. The molecule has 142 valence electrons. The Hall–Kier alpha value is -3.46. The SMILES string of the molecule is O=C1C(=Cc2ccc(-n3ccc4ccccc43)[se]2)C(=O)c2cc3ccccc3cc21. The number of hydrogen-bond acceptors (Lipinski definition) is 2. The van der Waals surface area contributed by atoms with Crippen LogP contribution in [0.3, 0.4) is 0 Å². The molecule has 2 aromatic heterocycles. The summed E-state index contributed by atoms with van der Waals surface area (Å²) in [5, 5.41) is 3.16. The van der Waals surface area contributed by atoms with E-state index in [1.54, 1.807) is 6.08 Å². The summed E-state index contributed by atoms with van der Waals surface area (Å²) in [4.78, 5) is 26.0. The van der Waals surface area contributed by atoms with Crippen molar-refractivity contribution in [3.63, 3.8) is 0 Å². The molecule has 0 fully saturated rings. The van der Waals surface area contributed by atoms with Gasteiger partial charge in [-0.05, 0) is 0 Å². The summed E-state index contributed by atoms with van der Waals surface area (Å²) in [6, 6.07) is 26.0. The summed E-state index contributed by atoms with van der Waals surface area (Å²) in [7, 11) is 0. The second-order valence-electron chi connectivity index (χ2n) is 7.38. The van der Waals surface area contributed by atoms with E-state index in [0.717, 1.165) is 15.2 Å². The van der Waals surface area contributed by atoms with Crippen LogP contribution in [0.4, 0.5) is 0 Å². The van der Waals surface area contributed by atoms with Crippen molar-refractivity contribution in [3.05, 3.63) is 106 Å². The average Bonchev–Trinajstić information content (AvgIpc) is 3.47. The zero-order valence-electron chi connectivity index (χ0n) is 15.8. The predicted molar refractivity (Wildman–Crippen MR) is 121 cm³/mol. The number of allylic oxidation sites excluding steroid dienone is 1. The molecule has 1 aliphatic rings. The van der Waals surface area contributed by atoms with Gasteiger partial charge >= 0.3 is 179 Å². The fourth-order valence-corrected chi connectivity index (χ4v) is 6.10. The van der Waals surface area contributed by atoms with E-state index in [-0.39, 0.29) is 31.6 Å². The van der Waals surface area contributed by atoms with Gasteiger partial charge in [-0.1, -0.05) is 0 Å². The fraction of sp³-hybridized carbons (Fsp3) is 0. The molecule has 0 radical (unpaired) electrons. The van der Waals surface area contributed by atoms with Crippen LogP contribution in [0.15, 0.2) is 90.6 Å². The molecule has 0 amide bonds. The molecule has 0 saturated heterocycles. The van der Waals surface area contributed by atoms with E-state index in [0.29, 0.717) is 11.1 Å². The van der Waals surface area contributed by atoms with E-state index in [1.807, 2.05) is 54.6 Å². The molecule has 4 heteroatoms. The van der Waals surface area contributed by atoms with Crippen LogP contribution in [-0.4, -0.2) is 30.6 Å². The molecule has 5 aromatic rings. The Morgan fingerprint density at radius 2 is 1.33 bits per heavy atom. The van der Waals surface area contributed by atoms with Gasteiger partial charge in [0.2, 0.25) is 0 Å². The van der Waals surface area contributed by atoms with Gasteiger partial charge in [0.05, 0.1) is 0 Å². The molecular formula is C26H15NO2Se. The van der Waals surface area contributed by atoms with Gasteiger partial charge in [0.1, 0.15) is 0 Å². The van der Waals surface area contributed by atoms with Crippen LogP contribution in [0.5, 0.6) is 0 Å². The molecule has 0 bridgehead atoms. The van der Waals surface area contributed by atoms with Crippen LogP contribution in [0.25, 0.3) is 32.3 Å². The number of nitrogens with zero attached hydrogens (tertiary/aromatic N) is 1. The van der Waals surface area contributed by atoms with Crippen LogP contribution in [-0.2, 0) is 0 Å². The second-order valence-corrected chi connectivity index (χ2v) is 9.68. The van der Waals surface area contributed by atoms with Crippen molar-refractivity contribution in [1.82, 2.24) is 4.57 Å². The quantitative estimate of drug-likeness (QED) is 0.207. The molecule has 0 saturated carbocycles. The number of benzene rings is 3. The first-order valence-corrected chi connectivity index (χ1v) is 11.4. The number of carbonyl (C=O) groups is 2. The zero-order valence-corrected chi connectivity index (χ0v) is 17.5. The Bertz CT molecular complexity index is 1480. The third-order valence-electron chi connectivity index (χ3n) is 5.60.